The highest BCUT2D eigenvalue weighted by molar-refractivity contribution is 6.23. The van der Waals surface area contributed by atoms with Crippen molar-refractivity contribution in [1.29, 1.82) is 0 Å². The number of hydrogen-bond donors (Lipinski definition) is 2. The SMILES string of the molecule is COc1ccc(-c2noc(CCCC(=O)Nc3ccccc3N3C(=O)NC(C)C3=O)n2)cc1. The van der Waals surface area contributed by atoms with E-state index in [0.717, 1.165) is 16.2 Å². The maximum atomic E-state index is 12.5. The number of ether oxygens (including phenoxy) is 1. The van der Waals surface area contributed by atoms with Crippen molar-refractivity contribution in [3.8, 4) is 17.1 Å². The highest BCUT2D eigenvalue weighted by Crippen LogP contribution is 2.28. The smallest absolute Gasteiger partial charge is 0.329 e. The number of hydrogen-bond acceptors (Lipinski definition) is 7. The van der Waals surface area contributed by atoms with Crippen LogP contribution in [0.25, 0.3) is 11.4 Å². The molecule has 1 aromatic heterocycles. The number of nitrogens with one attached hydrogen (secondary N) is 2. The number of rotatable bonds is 8. The number of carbonyl (C=O) groups is 3. The Kier molecular flexibility index (Phi) is 6.34. The van der Waals surface area contributed by atoms with Gasteiger partial charge < -0.3 is 19.9 Å². The van der Waals surface area contributed by atoms with Crippen molar-refractivity contribution in [3.63, 3.8) is 0 Å². The van der Waals surface area contributed by atoms with E-state index in [0.29, 0.717) is 35.9 Å². The molecule has 0 saturated carbocycles. The number of anilines is 2. The number of para-hydroxylation sites is 2. The van der Waals surface area contributed by atoms with Crippen molar-refractivity contribution in [2.75, 3.05) is 17.3 Å². The third-order valence-corrected chi connectivity index (χ3v) is 5.16. The summed E-state index contributed by atoms with van der Waals surface area (Å²) >= 11 is 0. The van der Waals surface area contributed by atoms with E-state index in [1.54, 1.807) is 38.3 Å². The molecule has 1 atom stereocenters. The van der Waals surface area contributed by atoms with Gasteiger partial charge in [0.1, 0.15) is 11.8 Å². The Bertz CT molecular complexity index is 1170. The average Bonchev–Trinajstić information content (AvgIpc) is 3.38. The van der Waals surface area contributed by atoms with Gasteiger partial charge in [0, 0.05) is 18.4 Å². The first-order chi connectivity index (χ1) is 16.0. The predicted octanol–water partition coefficient (Wildman–Crippen LogP) is 3.15. The van der Waals surface area contributed by atoms with Gasteiger partial charge in [0.25, 0.3) is 5.91 Å². The second kappa shape index (κ2) is 9.51. The molecule has 2 aromatic carbocycles. The molecule has 10 nitrogen and oxygen atoms in total. The Morgan fingerprint density at radius 3 is 2.64 bits per heavy atom. The zero-order valence-corrected chi connectivity index (χ0v) is 18.2. The van der Waals surface area contributed by atoms with E-state index in [-0.39, 0.29) is 18.2 Å². The van der Waals surface area contributed by atoms with Crippen molar-refractivity contribution >= 4 is 29.2 Å². The minimum Gasteiger partial charge on any atom is -0.497 e. The zero-order valence-electron chi connectivity index (χ0n) is 18.2. The number of carbonyl (C=O) groups excluding carboxylic acids is 3. The second-order valence-electron chi connectivity index (χ2n) is 7.50. The van der Waals surface area contributed by atoms with Crippen LogP contribution in [0.2, 0.25) is 0 Å². The van der Waals surface area contributed by atoms with E-state index >= 15 is 0 Å². The van der Waals surface area contributed by atoms with E-state index in [1.165, 1.54) is 0 Å². The first-order valence-corrected chi connectivity index (χ1v) is 10.5. The molecular weight excluding hydrogens is 426 g/mol. The normalized spacial score (nSPS) is 15.5. The van der Waals surface area contributed by atoms with E-state index in [4.69, 9.17) is 9.26 Å². The molecule has 0 bridgehead atoms. The Labute approximate surface area is 189 Å². The van der Waals surface area contributed by atoms with Crippen LogP contribution in [0.3, 0.4) is 0 Å². The number of aryl methyl sites for hydroxylation is 1. The molecule has 0 spiro atoms. The van der Waals surface area contributed by atoms with Crippen LogP contribution in [-0.2, 0) is 16.0 Å². The standard InChI is InChI=1S/C23H23N5O5/c1-14-22(30)28(23(31)24-14)18-7-4-3-6-17(18)25-19(29)8-5-9-20-26-21(27-33-20)15-10-12-16(32-2)13-11-15/h3-4,6-7,10-14H,5,8-9H2,1-2H3,(H,24,31)(H,25,29). The topological polar surface area (TPSA) is 127 Å². The second-order valence-corrected chi connectivity index (χ2v) is 7.50. The van der Waals surface area contributed by atoms with Gasteiger partial charge in [0.15, 0.2) is 0 Å². The molecule has 2 N–H and O–H groups in total. The molecule has 2 heterocycles. The quantitative estimate of drug-likeness (QED) is 0.506. The highest BCUT2D eigenvalue weighted by Gasteiger charge is 2.37. The predicted molar refractivity (Wildman–Crippen MR) is 120 cm³/mol. The number of aromatic nitrogens is 2. The minimum atomic E-state index is -0.613. The molecule has 33 heavy (non-hydrogen) atoms. The molecule has 4 amide bonds. The molecule has 0 aliphatic carbocycles. The van der Waals surface area contributed by atoms with Gasteiger partial charge in [-0.2, -0.15) is 4.98 Å². The van der Waals surface area contributed by atoms with E-state index in [2.05, 4.69) is 20.8 Å². The lowest BCUT2D eigenvalue weighted by Crippen LogP contribution is -2.32. The molecule has 170 valence electrons. The molecule has 0 radical (unpaired) electrons. The molecule has 1 saturated heterocycles. The Balaban J connectivity index is 1.33. The molecule has 1 aliphatic rings. The van der Waals surface area contributed by atoms with Crippen LogP contribution in [0.1, 0.15) is 25.7 Å². The number of benzene rings is 2. The van der Waals surface area contributed by atoms with Gasteiger partial charge >= 0.3 is 6.03 Å². The summed E-state index contributed by atoms with van der Waals surface area (Å²) < 4.78 is 10.4. The summed E-state index contributed by atoms with van der Waals surface area (Å²) in [5.41, 5.74) is 1.52. The summed E-state index contributed by atoms with van der Waals surface area (Å²) in [5, 5.41) is 9.32. The average molecular weight is 449 g/mol. The zero-order chi connectivity index (χ0) is 23.4. The van der Waals surface area contributed by atoms with Gasteiger partial charge in [-0.05, 0) is 49.7 Å². The largest absolute Gasteiger partial charge is 0.497 e. The van der Waals surface area contributed by atoms with Gasteiger partial charge in [-0.15, -0.1) is 0 Å². The maximum absolute atomic E-state index is 12.5. The van der Waals surface area contributed by atoms with Gasteiger partial charge in [0.2, 0.25) is 17.6 Å². The third-order valence-electron chi connectivity index (χ3n) is 5.16. The summed E-state index contributed by atoms with van der Waals surface area (Å²) in [7, 11) is 1.60. The lowest BCUT2D eigenvalue weighted by atomic mass is 10.2. The van der Waals surface area contributed by atoms with Crippen LogP contribution in [0.5, 0.6) is 5.75 Å². The van der Waals surface area contributed by atoms with Crippen molar-refractivity contribution in [2.45, 2.75) is 32.2 Å². The van der Waals surface area contributed by atoms with Crippen molar-refractivity contribution in [3.05, 3.63) is 54.4 Å². The number of methoxy groups -OCH3 is 1. The van der Waals surface area contributed by atoms with Crippen molar-refractivity contribution in [1.82, 2.24) is 15.5 Å². The molecular formula is C23H23N5O5. The van der Waals surface area contributed by atoms with Crippen LogP contribution < -0.4 is 20.3 Å². The fourth-order valence-corrected chi connectivity index (χ4v) is 3.43. The van der Waals surface area contributed by atoms with Crippen LogP contribution >= 0.6 is 0 Å². The number of amides is 4. The van der Waals surface area contributed by atoms with Gasteiger partial charge in [-0.3, -0.25) is 9.59 Å². The van der Waals surface area contributed by atoms with Crippen LogP contribution in [0.4, 0.5) is 16.2 Å². The number of nitrogens with zero attached hydrogens (tertiary/aromatic N) is 3. The molecule has 1 fully saturated rings. The lowest BCUT2D eigenvalue weighted by molar-refractivity contribution is -0.118. The summed E-state index contributed by atoms with van der Waals surface area (Å²) in [6.45, 7) is 1.61. The van der Waals surface area contributed by atoms with Crippen molar-refractivity contribution < 1.29 is 23.6 Å². The lowest BCUT2D eigenvalue weighted by Gasteiger charge is -2.17. The fourth-order valence-electron chi connectivity index (χ4n) is 3.43. The summed E-state index contributed by atoms with van der Waals surface area (Å²) in [4.78, 5) is 42.4. The van der Waals surface area contributed by atoms with Gasteiger partial charge in [0.05, 0.1) is 18.5 Å². The molecule has 3 aromatic rings. The van der Waals surface area contributed by atoms with Crippen LogP contribution in [0.15, 0.2) is 53.1 Å². The summed E-state index contributed by atoms with van der Waals surface area (Å²) in [6, 6.07) is 12.9. The van der Waals surface area contributed by atoms with Crippen LogP contribution in [0, 0.1) is 0 Å². The Hall–Kier alpha value is -4.21. The number of urea groups is 1. The van der Waals surface area contributed by atoms with Gasteiger partial charge in [-0.25, -0.2) is 9.69 Å². The number of imide groups is 1. The summed E-state index contributed by atoms with van der Waals surface area (Å²) in [6.07, 6.45) is 1.12. The maximum Gasteiger partial charge on any atom is 0.329 e. The highest BCUT2D eigenvalue weighted by atomic mass is 16.5. The first-order valence-electron chi connectivity index (χ1n) is 10.5. The van der Waals surface area contributed by atoms with Gasteiger partial charge in [-0.1, -0.05) is 17.3 Å². The van der Waals surface area contributed by atoms with Crippen LogP contribution in [-0.4, -0.2) is 41.1 Å². The monoisotopic (exact) mass is 449 g/mol. The van der Waals surface area contributed by atoms with E-state index < -0.39 is 12.1 Å². The third kappa shape index (κ3) is 4.84. The molecule has 10 heteroatoms. The summed E-state index contributed by atoms with van der Waals surface area (Å²) in [5.74, 6) is 1.01. The van der Waals surface area contributed by atoms with Crippen molar-refractivity contribution in [2.24, 2.45) is 0 Å². The Morgan fingerprint density at radius 1 is 1.18 bits per heavy atom. The fraction of sp³-hybridized carbons (Fsp3) is 0.261. The molecule has 1 unspecified atom stereocenters. The Morgan fingerprint density at radius 2 is 1.94 bits per heavy atom. The van der Waals surface area contributed by atoms with E-state index in [9.17, 15) is 14.4 Å². The molecule has 1 aliphatic heterocycles. The molecule has 4 rings (SSSR count). The first kappa shape index (κ1) is 22.0. The minimum absolute atomic E-state index is 0.200. The van der Waals surface area contributed by atoms with E-state index in [1.807, 2.05) is 24.3 Å².